The number of rotatable bonds is 13. The number of aliphatic hydroxyl groups is 2. The van der Waals surface area contributed by atoms with Gasteiger partial charge in [0.2, 0.25) is 0 Å². The fourth-order valence-corrected chi connectivity index (χ4v) is 5.53. The third-order valence-electron chi connectivity index (χ3n) is 7.20. The molecule has 208 valence electrons. The summed E-state index contributed by atoms with van der Waals surface area (Å²) in [6.07, 6.45) is -0.836. The van der Waals surface area contributed by atoms with Crippen LogP contribution in [-0.2, 0) is 17.8 Å². The van der Waals surface area contributed by atoms with Crippen molar-refractivity contribution in [2.24, 2.45) is 0 Å². The molecule has 0 saturated heterocycles. The molecule has 0 aliphatic carbocycles. The number of hydrogen-bond acceptors (Lipinski definition) is 4. The molecule has 4 aromatic rings. The summed E-state index contributed by atoms with van der Waals surface area (Å²) < 4.78 is 2.20. The molecular formula is C35H39NO4. The first-order valence-corrected chi connectivity index (χ1v) is 14.1. The van der Waals surface area contributed by atoms with E-state index in [0.717, 1.165) is 39.2 Å². The zero-order chi connectivity index (χ0) is 28.6. The smallest absolute Gasteiger partial charge is 0.169 e. The zero-order valence-electron chi connectivity index (χ0n) is 23.6. The first-order chi connectivity index (χ1) is 19.3. The maximum absolute atomic E-state index is 14.2. The molecule has 0 unspecified atom stereocenters. The Morgan fingerprint density at radius 1 is 0.775 bits per heavy atom. The zero-order valence-corrected chi connectivity index (χ0v) is 23.6. The highest BCUT2D eigenvalue weighted by Crippen LogP contribution is 2.42. The summed E-state index contributed by atoms with van der Waals surface area (Å²) >= 11 is 0. The third-order valence-corrected chi connectivity index (χ3v) is 7.20. The normalized spacial score (nSPS) is 12.8. The summed E-state index contributed by atoms with van der Waals surface area (Å²) in [5.74, 6) is -0.00940. The lowest BCUT2D eigenvalue weighted by molar-refractivity contribution is -0.119. The lowest BCUT2D eigenvalue weighted by Crippen LogP contribution is -2.22. The van der Waals surface area contributed by atoms with Gasteiger partial charge in [0.05, 0.1) is 17.9 Å². The van der Waals surface area contributed by atoms with Crippen molar-refractivity contribution in [1.82, 2.24) is 4.57 Å². The first kappa shape index (κ1) is 29.2. The number of benzene rings is 3. The quantitative estimate of drug-likeness (QED) is 0.183. The predicted octanol–water partition coefficient (Wildman–Crippen LogP) is 6.85. The number of aromatic nitrogens is 1. The summed E-state index contributed by atoms with van der Waals surface area (Å²) in [6, 6.07) is 29.9. The van der Waals surface area contributed by atoms with Crippen LogP contribution in [0.4, 0.5) is 0 Å². The van der Waals surface area contributed by atoms with Crippen molar-refractivity contribution in [3.63, 3.8) is 0 Å². The second-order valence-electron chi connectivity index (χ2n) is 10.8. The van der Waals surface area contributed by atoms with E-state index in [0.29, 0.717) is 19.4 Å². The number of nitrogens with zero attached hydrogens (tertiary/aromatic N) is 1. The first-order valence-electron chi connectivity index (χ1n) is 14.1. The summed E-state index contributed by atoms with van der Waals surface area (Å²) in [6.45, 7) is 6.10. The van der Waals surface area contributed by atoms with Crippen molar-refractivity contribution in [2.45, 2.75) is 71.1 Å². The number of Topliss-reactive ketones (excluding diaryl/α,β-unsaturated/α-hetero) is 2. The molecule has 0 amide bonds. The summed E-state index contributed by atoms with van der Waals surface area (Å²) in [4.78, 5) is 25.6. The van der Waals surface area contributed by atoms with E-state index in [-0.39, 0.29) is 30.3 Å². The second kappa shape index (κ2) is 13.5. The van der Waals surface area contributed by atoms with Crippen LogP contribution in [0.15, 0.2) is 91.0 Å². The summed E-state index contributed by atoms with van der Waals surface area (Å²) in [5, 5.41) is 21.1. The molecule has 2 atom stereocenters. The second-order valence-corrected chi connectivity index (χ2v) is 10.8. The van der Waals surface area contributed by atoms with Crippen LogP contribution in [0.1, 0.15) is 67.6 Å². The van der Waals surface area contributed by atoms with Crippen molar-refractivity contribution in [3.05, 3.63) is 108 Å². The van der Waals surface area contributed by atoms with Crippen LogP contribution in [0.3, 0.4) is 0 Å². The molecule has 0 aliphatic heterocycles. The van der Waals surface area contributed by atoms with Gasteiger partial charge in [0, 0.05) is 36.2 Å². The van der Waals surface area contributed by atoms with Gasteiger partial charge in [-0.15, -0.1) is 0 Å². The Kier molecular flexibility index (Phi) is 9.86. The molecule has 40 heavy (non-hydrogen) atoms. The number of carbonyl (C=O) groups excluding carboxylic acids is 2. The van der Waals surface area contributed by atoms with Crippen LogP contribution >= 0.6 is 0 Å². The lowest BCUT2D eigenvalue weighted by Gasteiger charge is -2.20. The monoisotopic (exact) mass is 537 g/mol. The van der Waals surface area contributed by atoms with E-state index in [4.69, 9.17) is 0 Å². The molecule has 2 N–H and O–H groups in total. The SMILES string of the molecule is CC(=O)C[C@H](O)C[C@H](O)CCn1c(-c2ccccc2)c(-c2ccccc2)c(C(=O)Cc2ccccc2)c1C(C)C. The van der Waals surface area contributed by atoms with E-state index in [9.17, 15) is 19.8 Å². The molecule has 0 spiro atoms. The van der Waals surface area contributed by atoms with E-state index in [1.165, 1.54) is 6.92 Å². The maximum Gasteiger partial charge on any atom is 0.169 e. The van der Waals surface area contributed by atoms with Gasteiger partial charge in [-0.05, 0) is 42.4 Å². The highest BCUT2D eigenvalue weighted by atomic mass is 16.3. The Balaban J connectivity index is 1.87. The van der Waals surface area contributed by atoms with Gasteiger partial charge in [0.15, 0.2) is 5.78 Å². The highest BCUT2D eigenvalue weighted by Gasteiger charge is 2.30. The third kappa shape index (κ3) is 7.04. The number of aliphatic hydroxyl groups excluding tert-OH is 2. The van der Waals surface area contributed by atoms with Gasteiger partial charge in [0.25, 0.3) is 0 Å². The average Bonchev–Trinajstić information content (AvgIpc) is 3.28. The van der Waals surface area contributed by atoms with Gasteiger partial charge < -0.3 is 14.8 Å². The Hall–Kier alpha value is -3.80. The molecule has 1 aromatic heterocycles. The van der Waals surface area contributed by atoms with Crippen molar-refractivity contribution in [2.75, 3.05) is 0 Å². The van der Waals surface area contributed by atoms with Crippen molar-refractivity contribution < 1.29 is 19.8 Å². The van der Waals surface area contributed by atoms with E-state index in [2.05, 4.69) is 30.5 Å². The predicted molar refractivity (Wildman–Crippen MR) is 160 cm³/mol. The minimum absolute atomic E-state index is 0.0311. The van der Waals surface area contributed by atoms with Gasteiger partial charge in [-0.25, -0.2) is 0 Å². The summed E-state index contributed by atoms with van der Waals surface area (Å²) in [7, 11) is 0. The topological polar surface area (TPSA) is 79.5 Å². The largest absolute Gasteiger partial charge is 0.393 e. The maximum atomic E-state index is 14.2. The standard InChI is InChI=1S/C35H39NO4/c1-24(2)34-33(31(40)22-26-13-7-4-8-14-26)32(27-15-9-5-10-16-27)35(28-17-11-6-12-18-28)36(34)20-19-29(38)23-30(39)21-25(3)37/h4-18,24,29-30,38-39H,19-23H2,1-3H3/t29-,30+/m1/s1. The minimum Gasteiger partial charge on any atom is -0.393 e. The van der Waals surface area contributed by atoms with Crippen LogP contribution in [0.5, 0.6) is 0 Å². The summed E-state index contributed by atoms with van der Waals surface area (Å²) in [5.41, 5.74) is 6.44. The Morgan fingerprint density at radius 2 is 1.32 bits per heavy atom. The van der Waals surface area contributed by atoms with Gasteiger partial charge in [-0.1, -0.05) is 105 Å². The Labute approximate surface area is 237 Å². The Morgan fingerprint density at radius 3 is 1.88 bits per heavy atom. The van der Waals surface area contributed by atoms with Crippen LogP contribution in [0.25, 0.3) is 22.4 Å². The fourth-order valence-electron chi connectivity index (χ4n) is 5.53. The number of hydrogen-bond donors (Lipinski definition) is 2. The molecular weight excluding hydrogens is 498 g/mol. The minimum atomic E-state index is -0.877. The van der Waals surface area contributed by atoms with E-state index in [1.807, 2.05) is 78.9 Å². The van der Waals surface area contributed by atoms with Crippen LogP contribution in [0.2, 0.25) is 0 Å². The molecule has 0 bridgehead atoms. The number of ketones is 2. The molecule has 1 heterocycles. The van der Waals surface area contributed by atoms with Crippen molar-refractivity contribution in [3.8, 4) is 22.4 Å². The van der Waals surface area contributed by atoms with Crippen molar-refractivity contribution in [1.29, 1.82) is 0 Å². The van der Waals surface area contributed by atoms with Crippen LogP contribution in [0, 0.1) is 0 Å². The molecule has 4 rings (SSSR count). The van der Waals surface area contributed by atoms with Crippen molar-refractivity contribution >= 4 is 11.6 Å². The molecule has 3 aromatic carbocycles. The average molecular weight is 538 g/mol. The van der Waals surface area contributed by atoms with Crippen LogP contribution in [-0.4, -0.2) is 38.6 Å². The van der Waals surface area contributed by atoms with E-state index in [1.54, 1.807) is 0 Å². The molecule has 0 aliphatic rings. The molecule has 0 fully saturated rings. The van der Waals surface area contributed by atoms with Gasteiger partial charge in [0.1, 0.15) is 5.78 Å². The Bertz CT molecular complexity index is 1410. The molecule has 0 radical (unpaired) electrons. The molecule has 0 saturated carbocycles. The fraction of sp³-hybridized carbons (Fsp3) is 0.314. The van der Waals surface area contributed by atoms with Gasteiger partial charge in [-0.2, -0.15) is 0 Å². The van der Waals surface area contributed by atoms with E-state index < -0.39 is 12.2 Å². The van der Waals surface area contributed by atoms with Gasteiger partial charge >= 0.3 is 0 Å². The van der Waals surface area contributed by atoms with Gasteiger partial charge in [-0.3, -0.25) is 9.59 Å². The lowest BCUT2D eigenvalue weighted by atomic mass is 9.90. The van der Waals surface area contributed by atoms with Crippen LogP contribution < -0.4 is 0 Å². The highest BCUT2D eigenvalue weighted by molar-refractivity contribution is 6.08. The van der Waals surface area contributed by atoms with E-state index >= 15 is 0 Å². The molecule has 5 heteroatoms. The molecule has 5 nitrogen and oxygen atoms in total. The number of carbonyl (C=O) groups is 2.